The van der Waals surface area contributed by atoms with Gasteiger partial charge in [-0.3, -0.25) is 14.6 Å². The van der Waals surface area contributed by atoms with E-state index in [-0.39, 0.29) is 17.5 Å². The molecule has 0 spiro atoms. The first-order valence-electron chi connectivity index (χ1n) is 11.6. The molecule has 1 amide bonds. The summed E-state index contributed by atoms with van der Waals surface area (Å²) in [7, 11) is 0. The number of H-pyrrole nitrogens is 1. The molecule has 0 unspecified atom stereocenters. The molecule has 0 radical (unpaired) electrons. The number of hydrogen-bond acceptors (Lipinski definition) is 4. The summed E-state index contributed by atoms with van der Waals surface area (Å²) in [5.74, 6) is 0.236. The van der Waals surface area contributed by atoms with Crippen molar-refractivity contribution in [1.29, 1.82) is 0 Å². The first-order chi connectivity index (χ1) is 16.5. The minimum absolute atomic E-state index is 0.118. The molecular formula is C27H27N5O2. The summed E-state index contributed by atoms with van der Waals surface area (Å²) < 4.78 is 1.56. The van der Waals surface area contributed by atoms with E-state index < -0.39 is 0 Å². The van der Waals surface area contributed by atoms with Crippen molar-refractivity contribution in [2.45, 2.75) is 45.7 Å². The molecule has 1 N–H and O–H groups in total. The molecule has 0 saturated heterocycles. The molecule has 2 aromatic heterocycles. The van der Waals surface area contributed by atoms with Crippen LogP contribution in [0.5, 0.6) is 0 Å². The minimum Gasteiger partial charge on any atom is -0.327 e. The van der Waals surface area contributed by atoms with Gasteiger partial charge in [0.15, 0.2) is 0 Å². The molecule has 2 heterocycles. The second kappa shape index (κ2) is 9.09. The fraction of sp³-hybridized carbons (Fsp3) is 0.259. The van der Waals surface area contributed by atoms with Gasteiger partial charge in [-0.05, 0) is 44.2 Å². The molecule has 1 aliphatic carbocycles. The SMILES string of the molecule is Cc1c(C(=O)N(Cc2ccccc2)[C@@H](C)c2ccccc2)cnn1-c1nc2c(c(=O)[nH]1)CCC2. The number of aromatic amines is 1. The van der Waals surface area contributed by atoms with E-state index in [0.717, 1.165) is 41.6 Å². The Bertz CT molecular complexity index is 1380. The van der Waals surface area contributed by atoms with Gasteiger partial charge in [-0.25, -0.2) is 9.67 Å². The maximum atomic E-state index is 13.9. The highest BCUT2D eigenvalue weighted by Gasteiger charge is 2.27. The fourth-order valence-electron chi connectivity index (χ4n) is 4.59. The van der Waals surface area contributed by atoms with Gasteiger partial charge < -0.3 is 4.90 Å². The van der Waals surface area contributed by atoms with E-state index in [2.05, 4.69) is 15.1 Å². The topological polar surface area (TPSA) is 83.9 Å². The Kier molecular flexibility index (Phi) is 5.84. The predicted octanol–water partition coefficient (Wildman–Crippen LogP) is 4.16. The van der Waals surface area contributed by atoms with Gasteiger partial charge in [0.25, 0.3) is 11.5 Å². The zero-order valence-corrected chi connectivity index (χ0v) is 19.4. The maximum absolute atomic E-state index is 13.9. The van der Waals surface area contributed by atoms with E-state index in [9.17, 15) is 9.59 Å². The van der Waals surface area contributed by atoms with Gasteiger partial charge in [0.05, 0.1) is 29.2 Å². The Hall–Kier alpha value is -4.00. The van der Waals surface area contributed by atoms with Gasteiger partial charge >= 0.3 is 0 Å². The Balaban J connectivity index is 1.51. The number of carbonyl (C=O) groups is 1. The van der Waals surface area contributed by atoms with E-state index >= 15 is 0 Å². The summed E-state index contributed by atoms with van der Waals surface area (Å²) in [6.07, 6.45) is 4.05. The molecule has 7 heteroatoms. The van der Waals surface area contributed by atoms with Gasteiger partial charge in [0.2, 0.25) is 5.95 Å². The number of aromatic nitrogens is 4. The van der Waals surface area contributed by atoms with Crippen LogP contribution in [0.2, 0.25) is 0 Å². The quantitative estimate of drug-likeness (QED) is 0.475. The lowest BCUT2D eigenvalue weighted by Gasteiger charge is -2.30. The molecule has 34 heavy (non-hydrogen) atoms. The molecule has 0 aliphatic heterocycles. The second-order valence-electron chi connectivity index (χ2n) is 8.73. The summed E-state index contributed by atoms with van der Waals surface area (Å²) in [5.41, 5.74) is 4.70. The van der Waals surface area contributed by atoms with Crippen LogP contribution in [0.4, 0.5) is 0 Å². The third-order valence-corrected chi connectivity index (χ3v) is 6.58. The van der Waals surface area contributed by atoms with Gasteiger partial charge in [-0.2, -0.15) is 5.10 Å². The fourth-order valence-corrected chi connectivity index (χ4v) is 4.59. The Labute approximate surface area is 198 Å². The van der Waals surface area contributed by atoms with Crippen molar-refractivity contribution in [3.8, 4) is 5.95 Å². The molecule has 1 aliphatic rings. The van der Waals surface area contributed by atoms with Crippen molar-refractivity contribution in [3.63, 3.8) is 0 Å². The second-order valence-corrected chi connectivity index (χ2v) is 8.73. The van der Waals surface area contributed by atoms with E-state index in [1.54, 1.807) is 10.9 Å². The number of rotatable bonds is 6. The van der Waals surface area contributed by atoms with Gasteiger partial charge in [-0.1, -0.05) is 60.7 Å². The van der Waals surface area contributed by atoms with E-state index in [1.807, 2.05) is 79.4 Å². The van der Waals surface area contributed by atoms with Crippen LogP contribution in [0.3, 0.4) is 0 Å². The van der Waals surface area contributed by atoms with E-state index in [1.165, 1.54) is 0 Å². The molecule has 172 valence electrons. The van der Waals surface area contributed by atoms with Crippen LogP contribution in [-0.4, -0.2) is 30.6 Å². The molecule has 4 aromatic rings. The summed E-state index contributed by atoms with van der Waals surface area (Å²) >= 11 is 0. The third-order valence-electron chi connectivity index (χ3n) is 6.58. The smallest absolute Gasteiger partial charge is 0.258 e. The van der Waals surface area contributed by atoms with Gasteiger partial charge in [0.1, 0.15) is 0 Å². The van der Waals surface area contributed by atoms with Gasteiger partial charge in [-0.15, -0.1) is 0 Å². The minimum atomic E-state index is -0.144. The van der Waals surface area contributed by atoms with Crippen LogP contribution in [0.15, 0.2) is 71.7 Å². The first-order valence-corrected chi connectivity index (χ1v) is 11.6. The summed E-state index contributed by atoms with van der Waals surface area (Å²) in [4.78, 5) is 35.7. The number of carbonyl (C=O) groups excluding carboxylic acids is 1. The molecular weight excluding hydrogens is 426 g/mol. The average Bonchev–Trinajstić information content (AvgIpc) is 3.50. The summed E-state index contributed by atoms with van der Waals surface area (Å²) in [6, 6.07) is 19.8. The largest absolute Gasteiger partial charge is 0.327 e. The lowest BCUT2D eigenvalue weighted by Crippen LogP contribution is -2.33. The monoisotopic (exact) mass is 453 g/mol. The molecule has 7 nitrogen and oxygen atoms in total. The lowest BCUT2D eigenvalue weighted by atomic mass is 10.0. The number of nitrogens with zero attached hydrogens (tertiary/aromatic N) is 4. The van der Waals surface area contributed by atoms with Crippen LogP contribution in [0.25, 0.3) is 5.95 Å². The normalized spacial score (nSPS) is 13.5. The van der Waals surface area contributed by atoms with E-state index in [4.69, 9.17) is 0 Å². The predicted molar refractivity (Wildman–Crippen MR) is 130 cm³/mol. The van der Waals surface area contributed by atoms with Crippen molar-refractivity contribution in [1.82, 2.24) is 24.6 Å². The van der Waals surface area contributed by atoms with Gasteiger partial charge in [0, 0.05) is 12.1 Å². The summed E-state index contributed by atoms with van der Waals surface area (Å²) in [5, 5.41) is 4.43. The van der Waals surface area contributed by atoms with Crippen molar-refractivity contribution < 1.29 is 4.79 Å². The first kappa shape index (κ1) is 21.8. The Morgan fingerprint density at radius 3 is 2.53 bits per heavy atom. The van der Waals surface area contributed by atoms with E-state index in [0.29, 0.717) is 23.8 Å². The van der Waals surface area contributed by atoms with Crippen molar-refractivity contribution in [2.24, 2.45) is 0 Å². The maximum Gasteiger partial charge on any atom is 0.258 e. The zero-order chi connectivity index (χ0) is 23.7. The molecule has 2 aromatic carbocycles. The van der Waals surface area contributed by atoms with Crippen molar-refractivity contribution in [3.05, 3.63) is 111 Å². The summed E-state index contributed by atoms with van der Waals surface area (Å²) in [6.45, 7) is 4.34. The average molecular weight is 454 g/mol. The molecule has 0 fully saturated rings. The number of hydrogen-bond donors (Lipinski definition) is 1. The number of fused-ring (bicyclic) bond motifs is 1. The lowest BCUT2D eigenvalue weighted by molar-refractivity contribution is 0.0673. The van der Waals surface area contributed by atoms with Crippen LogP contribution >= 0.6 is 0 Å². The van der Waals surface area contributed by atoms with Crippen LogP contribution in [0.1, 0.15) is 57.8 Å². The standard InChI is InChI=1S/C27H27N5O2/c1-18(21-12-7-4-8-13-21)31(17-20-10-5-3-6-11-20)26(34)23-16-28-32(19(23)2)27-29-24-15-9-14-22(24)25(33)30-27/h3-8,10-13,16,18H,9,14-15,17H2,1-2H3,(H,29,30,33)/t18-/m0/s1. The number of benzene rings is 2. The highest BCUT2D eigenvalue weighted by Crippen LogP contribution is 2.26. The Morgan fingerprint density at radius 2 is 1.79 bits per heavy atom. The number of amides is 1. The van der Waals surface area contributed by atoms with Crippen LogP contribution < -0.4 is 5.56 Å². The highest BCUT2D eigenvalue weighted by molar-refractivity contribution is 5.95. The highest BCUT2D eigenvalue weighted by atomic mass is 16.2. The molecule has 5 rings (SSSR count). The number of aryl methyl sites for hydroxylation is 1. The Morgan fingerprint density at radius 1 is 1.09 bits per heavy atom. The number of nitrogens with one attached hydrogen (secondary N) is 1. The van der Waals surface area contributed by atoms with Crippen molar-refractivity contribution >= 4 is 5.91 Å². The molecule has 0 saturated carbocycles. The molecule has 0 bridgehead atoms. The zero-order valence-electron chi connectivity index (χ0n) is 19.4. The van der Waals surface area contributed by atoms with Crippen molar-refractivity contribution in [2.75, 3.05) is 0 Å². The molecule has 1 atom stereocenters. The van der Waals surface area contributed by atoms with Crippen LogP contribution in [-0.2, 0) is 19.4 Å². The third kappa shape index (κ3) is 4.05. The van der Waals surface area contributed by atoms with Crippen LogP contribution in [0, 0.1) is 6.92 Å².